The maximum atomic E-state index is 12.0. The summed E-state index contributed by atoms with van der Waals surface area (Å²) in [5.74, 6) is 0. The highest BCUT2D eigenvalue weighted by atomic mass is 32.3. The summed E-state index contributed by atoms with van der Waals surface area (Å²) in [6, 6.07) is 19.0. The van der Waals surface area contributed by atoms with Gasteiger partial charge in [0.1, 0.15) is 0 Å². The van der Waals surface area contributed by atoms with Crippen LogP contribution in [0.15, 0.2) is 70.5 Å². The Balaban J connectivity index is 0.000000290. The molecule has 0 aliphatic heterocycles. The van der Waals surface area contributed by atoms with E-state index in [1.54, 1.807) is 0 Å². The van der Waals surface area contributed by atoms with Crippen molar-refractivity contribution >= 4 is 31.0 Å². The molecule has 29 heavy (non-hydrogen) atoms. The van der Waals surface area contributed by atoms with Gasteiger partial charge in [0.2, 0.25) is 0 Å². The van der Waals surface area contributed by atoms with Gasteiger partial charge in [0.15, 0.2) is 0 Å². The zero-order chi connectivity index (χ0) is 22.5. The van der Waals surface area contributed by atoms with Crippen LogP contribution in [0.5, 0.6) is 0 Å². The van der Waals surface area contributed by atoms with Crippen molar-refractivity contribution in [2.24, 2.45) is 0 Å². The summed E-state index contributed by atoms with van der Waals surface area (Å²) in [6.45, 7) is 0. The third-order valence-electron chi connectivity index (χ3n) is 2.66. The van der Waals surface area contributed by atoms with Gasteiger partial charge in [-0.3, -0.25) is 0 Å². The summed E-state index contributed by atoms with van der Waals surface area (Å²) >= 11 is 0. The molecular weight excluding hydrogens is 474 g/mol. The van der Waals surface area contributed by atoms with E-state index in [0.29, 0.717) is 0 Å². The number of hydrogen-bond acceptors (Lipinski definition) is 6. The van der Waals surface area contributed by atoms with Crippen LogP contribution in [0.4, 0.5) is 26.3 Å². The fraction of sp³-hybridized carbons (Fsp3) is 0.143. The molecule has 0 aliphatic rings. The quantitative estimate of drug-likeness (QED) is 0.487. The summed E-state index contributed by atoms with van der Waals surface area (Å²) in [7, 11) is -14.7. The first-order valence-corrected chi connectivity index (χ1v) is 10.9. The van der Waals surface area contributed by atoms with Gasteiger partial charge < -0.3 is 0 Å². The van der Waals surface area contributed by atoms with Crippen LogP contribution in [-0.2, 0) is 34.7 Å². The van der Waals surface area contributed by atoms with Crippen molar-refractivity contribution in [1.29, 1.82) is 0 Å². The number of alkyl halides is 6. The first-order chi connectivity index (χ1) is 13.1. The van der Waals surface area contributed by atoms with Gasteiger partial charge in [-0.05, 0) is 24.3 Å². The van der Waals surface area contributed by atoms with Crippen molar-refractivity contribution in [2.75, 3.05) is 0 Å². The summed E-state index contributed by atoms with van der Waals surface area (Å²) < 4.78 is 122. The van der Waals surface area contributed by atoms with E-state index in [9.17, 15) is 47.4 Å². The molecule has 0 aliphatic carbocycles. The van der Waals surface area contributed by atoms with Crippen LogP contribution >= 0.6 is 0 Å². The Bertz CT molecular complexity index is 949. The van der Waals surface area contributed by atoms with Crippen molar-refractivity contribution in [2.45, 2.75) is 20.8 Å². The molecule has 0 saturated carbocycles. The van der Waals surface area contributed by atoms with Crippen molar-refractivity contribution in [1.82, 2.24) is 0 Å². The zero-order valence-electron chi connectivity index (χ0n) is 13.7. The van der Waals surface area contributed by atoms with Crippen LogP contribution in [0.2, 0.25) is 0 Å². The van der Waals surface area contributed by atoms with Crippen molar-refractivity contribution in [3.63, 3.8) is 0 Å². The highest BCUT2D eigenvalue weighted by molar-refractivity contribution is 8.00. The van der Waals surface area contributed by atoms with Crippen molar-refractivity contribution < 1.29 is 51.0 Å². The lowest BCUT2D eigenvalue weighted by Gasteiger charge is -2.09. The van der Waals surface area contributed by atoms with Gasteiger partial charge >= 0.3 is 31.3 Å². The number of halogens is 6. The molecule has 0 atom stereocenters. The first kappa shape index (κ1) is 25.1. The van der Waals surface area contributed by atoms with Gasteiger partial charge in [0, 0.05) is 9.79 Å². The number of rotatable bonds is 4. The normalized spacial score (nSPS) is 12.9. The predicted molar refractivity (Wildman–Crippen MR) is 88.6 cm³/mol. The standard InChI is InChI=1S/C12H10OS.C2F6O5S2/c13-14(11-7-3-1-4-8-11)12-9-5-2-6-10-12;3-1(4,5)14(9,10)13-15(11,12)2(6,7)8/h1-10H;. The van der Waals surface area contributed by atoms with Crippen molar-refractivity contribution in [3.05, 3.63) is 60.7 Å². The summed E-state index contributed by atoms with van der Waals surface area (Å²) in [6.07, 6.45) is 0. The van der Waals surface area contributed by atoms with E-state index in [1.807, 2.05) is 64.3 Å². The average Bonchev–Trinajstić information content (AvgIpc) is 2.60. The Morgan fingerprint density at radius 2 is 0.897 bits per heavy atom. The SMILES string of the molecule is O=S(=O)(OS(=O)(=O)C(F)(F)F)C(F)(F)F.O=S(c1ccccc1)c1ccccc1. The molecule has 0 unspecified atom stereocenters. The molecule has 0 heterocycles. The fourth-order valence-corrected chi connectivity index (χ4v) is 4.06. The van der Waals surface area contributed by atoms with E-state index < -0.39 is 42.1 Å². The second kappa shape index (κ2) is 9.23. The Kier molecular flexibility index (Phi) is 7.98. The molecule has 0 N–H and O–H groups in total. The topological polar surface area (TPSA) is 94.6 Å². The van der Waals surface area contributed by atoms with Gasteiger partial charge in [-0.1, -0.05) is 36.4 Å². The highest BCUT2D eigenvalue weighted by Crippen LogP contribution is 2.32. The monoisotopic (exact) mass is 484 g/mol. The molecular formula is C14H10F6O6S3. The van der Waals surface area contributed by atoms with Gasteiger partial charge in [-0.2, -0.15) is 43.2 Å². The molecule has 162 valence electrons. The van der Waals surface area contributed by atoms with Crippen LogP contribution < -0.4 is 0 Å². The molecule has 0 amide bonds. The number of hydrogen-bond donors (Lipinski definition) is 0. The van der Waals surface area contributed by atoms with E-state index in [1.165, 1.54) is 0 Å². The van der Waals surface area contributed by atoms with Crippen LogP contribution in [0.3, 0.4) is 0 Å². The smallest absolute Gasteiger partial charge is 0.249 e. The lowest BCUT2D eigenvalue weighted by atomic mass is 10.4. The van der Waals surface area contributed by atoms with Gasteiger partial charge in [-0.25, -0.2) is 4.21 Å². The lowest BCUT2D eigenvalue weighted by molar-refractivity contribution is -0.0585. The van der Waals surface area contributed by atoms with E-state index in [-0.39, 0.29) is 0 Å². The van der Waals surface area contributed by atoms with Crippen molar-refractivity contribution in [3.8, 4) is 0 Å². The zero-order valence-corrected chi connectivity index (χ0v) is 16.2. The molecule has 2 aromatic carbocycles. The van der Waals surface area contributed by atoms with Crippen LogP contribution in [0.25, 0.3) is 0 Å². The third-order valence-corrected chi connectivity index (χ3v) is 6.63. The van der Waals surface area contributed by atoms with Gasteiger partial charge in [0.25, 0.3) is 0 Å². The van der Waals surface area contributed by atoms with E-state index >= 15 is 0 Å². The molecule has 2 rings (SSSR count). The van der Waals surface area contributed by atoms with E-state index in [4.69, 9.17) is 0 Å². The molecule has 0 aromatic heterocycles. The average molecular weight is 484 g/mol. The van der Waals surface area contributed by atoms with Gasteiger partial charge in [-0.15, -0.1) is 3.63 Å². The maximum absolute atomic E-state index is 12.0. The lowest BCUT2D eigenvalue weighted by Crippen LogP contribution is -2.34. The molecule has 0 radical (unpaired) electrons. The molecule has 0 saturated heterocycles. The molecule has 0 spiro atoms. The van der Waals surface area contributed by atoms with E-state index in [0.717, 1.165) is 9.79 Å². The Morgan fingerprint density at radius 3 is 1.14 bits per heavy atom. The summed E-state index contributed by atoms with van der Waals surface area (Å²) in [5, 5.41) is 0. The maximum Gasteiger partial charge on any atom is 0.524 e. The summed E-state index contributed by atoms with van der Waals surface area (Å²) in [5.41, 5.74) is -12.5. The van der Waals surface area contributed by atoms with Crippen LogP contribution in [0, 0.1) is 0 Å². The Labute approximate surface area is 163 Å². The van der Waals surface area contributed by atoms with E-state index in [2.05, 4.69) is 0 Å². The summed E-state index contributed by atoms with van der Waals surface area (Å²) in [4.78, 5) is 1.69. The first-order valence-electron chi connectivity index (χ1n) is 6.94. The minimum atomic E-state index is -6.85. The largest absolute Gasteiger partial charge is 0.524 e. The van der Waals surface area contributed by atoms with Crippen LogP contribution in [0.1, 0.15) is 0 Å². The molecule has 0 fully saturated rings. The second-order valence-electron chi connectivity index (χ2n) is 4.76. The molecule has 6 nitrogen and oxygen atoms in total. The Morgan fingerprint density at radius 1 is 0.621 bits per heavy atom. The second-order valence-corrected chi connectivity index (χ2v) is 9.53. The molecule has 2 aromatic rings. The highest BCUT2D eigenvalue weighted by Gasteiger charge is 2.57. The molecule has 15 heteroatoms. The predicted octanol–water partition coefficient (Wildman–Crippen LogP) is 3.56. The fourth-order valence-electron chi connectivity index (χ4n) is 1.42. The number of benzene rings is 2. The third kappa shape index (κ3) is 7.09. The molecule has 0 bridgehead atoms. The minimum Gasteiger partial charge on any atom is -0.249 e. The van der Waals surface area contributed by atoms with Gasteiger partial charge in [0.05, 0.1) is 10.8 Å². The minimum absolute atomic E-state index is 0.846. The Hall–Kier alpha value is -1.97. The van der Waals surface area contributed by atoms with Crippen LogP contribution in [-0.4, -0.2) is 32.1 Å².